The van der Waals surface area contributed by atoms with Crippen LogP contribution in [0.1, 0.15) is 53.0 Å². The molecule has 3 amide bonds. The van der Waals surface area contributed by atoms with Crippen molar-refractivity contribution >= 4 is 11.9 Å². The van der Waals surface area contributed by atoms with Gasteiger partial charge in [-0.05, 0) is 41.9 Å². The fourth-order valence-electron chi connectivity index (χ4n) is 4.69. The van der Waals surface area contributed by atoms with Crippen LogP contribution in [-0.4, -0.2) is 65.5 Å². The van der Waals surface area contributed by atoms with Crippen LogP contribution in [0, 0.1) is 11.3 Å². The summed E-state index contributed by atoms with van der Waals surface area (Å²) in [6.45, 7) is 14.6. The van der Waals surface area contributed by atoms with E-state index in [2.05, 4.69) is 39.5 Å². The number of imide groups is 1. The van der Waals surface area contributed by atoms with Crippen LogP contribution in [0.3, 0.4) is 0 Å². The second-order valence-electron chi connectivity index (χ2n) is 10.4. The van der Waals surface area contributed by atoms with Crippen molar-refractivity contribution in [3.05, 3.63) is 29.8 Å². The van der Waals surface area contributed by atoms with E-state index in [4.69, 9.17) is 4.74 Å². The van der Waals surface area contributed by atoms with E-state index in [0.717, 1.165) is 30.9 Å². The molecule has 2 fully saturated rings. The summed E-state index contributed by atoms with van der Waals surface area (Å²) in [5, 5.41) is 0. The van der Waals surface area contributed by atoms with Gasteiger partial charge in [-0.15, -0.1) is 0 Å². The minimum atomic E-state index is -0.692. The monoisotopic (exact) mass is 415 g/mol. The third kappa shape index (κ3) is 4.64. The summed E-state index contributed by atoms with van der Waals surface area (Å²) in [7, 11) is 1.63. The summed E-state index contributed by atoms with van der Waals surface area (Å²) in [4.78, 5) is 32.7. The lowest BCUT2D eigenvalue weighted by atomic mass is 9.84. The average molecular weight is 416 g/mol. The molecule has 0 atom stereocenters. The van der Waals surface area contributed by atoms with Crippen molar-refractivity contribution in [3.63, 3.8) is 0 Å². The van der Waals surface area contributed by atoms with Crippen molar-refractivity contribution in [2.75, 3.05) is 33.3 Å². The van der Waals surface area contributed by atoms with E-state index in [1.807, 2.05) is 29.2 Å². The number of benzene rings is 1. The first-order valence-corrected chi connectivity index (χ1v) is 11.0. The van der Waals surface area contributed by atoms with Crippen molar-refractivity contribution in [2.24, 2.45) is 11.3 Å². The van der Waals surface area contributed by atoms with E-state index < -0.39 is 5.54 Å². The molecule has 30 heavy (non-hydrogen) atoms. The lowest BCUT2D eigenvalue weighted by Gasteiger charge is -2.44. The van der Waals surface area contributed by atoms with Gasteiger partial charge in [0.2, 0.25) is 0 Å². The molecule has 0 saturated carbocycles. The first-order valence-electron chi connectivity index (χ1n) is 11.0. The van der Waals surface area contributed by atoms with Crippen molar-refractivity contribution in [3.8, 4) is 5.75 Å². The van der Waals surface area contributed by atoms with Crippen molar-refractivity contribution < 1.29 is 14.3 Å². The van der Waals surface area contributed by atoms with Gasteiger partial charge in [0.05, 0.1) is 13.7 Å². The maximum atomic E-state index is 13.6. The molecule has 0 aromatic heterocycles. The Bertz CT molecular complexity index is 759. The Morgan fingerprint density at radius 2 is 1.67 bits per heavy atom. The van der Waals surface area contributed by atoms with E-state index in [1.54, 1.807) is 7.11 Å². The number of urea groups is 1. The van der Waals surface area contributed by atoms with Crippen LogP contribution in [0.2, 0.25) is 0 Å². The third-order valence-electron chi connectivity index (χ3n) is 6.05. The van der Waals surface area contributed by atoms with Crippen LogP contribution in [0.25, 0.3) is 0 Å². The summed E-state index contributed by atoms with van der Waals surface area (Å²) in [5.74, 6) is 1.05. The standard InChI is InChI=1S/C24H37N3O3/c1-18(2)15-27-22(29)26(16-19-7-9-20(30-6)10-8-19)21(28)24(27)11-13-25(14-12-24)17-23(3,4)5/h7-10,18H,11-17H2,1-6H3. The molecule has 0 N–H and O–H groups in total. The first-order chi connectivity index (χ1) is 14.1. The Labute approximate surface area is 181 Å². The second kappa shape index (κ2) is 8.58. The number of likely N-dealkylation sites (tertiary alicyclic amines) is 1. The van der Waals surface area contributed by atoms with Crippen LogP contribution in [0.15, 0.2) is 24.3 Å². The summed E-state index contributed by atoms with van der Waals surface area (Å²) >= 11 is 0. The number of methoxy groups -OCH3 is 1. The molecule has 6 heteroatoms. The largest absolute Gasteiger partial charge is 0.497 e. The van der Waals surface area contributed by atoms with E-state index in [0.29, 0.717) is 31.8 Å². The molecule has 2 aliphatic heterocycles. The molecular formula is C24H37N3O3. The van der Waals surface area contributed by atoms with Gasteiger partial charge in [0.25, 0.3) is 5.91 Å². The first kappa shape index (κ1) is 22.6. The number of hydrogen-bond donors (Lipinski definition) is 0. The molecule has 1 spiro atoms. The van der Waals surface area contributed by atoms with Crippen LogP contribution >= 0.6 is 0 Å². The number of hydrogen-bond acceptors (Lipinski definition) is 4. The molecule has 2 aliphatic rings. The van der Waals surface area contributed by atoms with Crippen molar-refractivity contribution in [1.29, 1.82) is 0 Å². The summed E-state index contributed by atoms with van der Waals surface area (Å²) in [6.07, 6.45) is 1.42. The van der Waals surface area contributed by atoms with E-state index in [-0.39, 0.29) is 17.4 Å². The van der Waals surface area contributed by atoms with Crippen LogP contribution < -0.4 is 4.74 Å². The highest BCUT2D eigenvalue weighted by molar-refractivity contribution is 6.07. The van der Waals surface area contributed by atoms with Gasteiger partial charge in [-0.25, -0.2) is 4.79 Å². The molecule has 0 radical (unpaired) electrons. The van der Waals surface area contributed by atoms with Gasteiger partial charge in [0.1, 0.15) is 11.3 Å². The molecule has 0 bridgehead atoms. The van der Waals surface area contributed by atoms with Gasteiger partial charge >= 0.3 is 6.03 Å². The SMILES string of the molecule is COc1ccc(CN2C(=O)N(CC(C)C)C3(CCN(CC(C)(C)C)CC3)C2=O)cc1. The zero-order valence-electron chi connectivity index (χ0n) is 19.4. The lowest BCUT2D eigenvalue weighted by Crippen LogP contribution is -2.57. The predicted molar refractivity (Wildman–Crippen MR) is 118 cm³/mol. The Morgan fingerprint density at radius 3 is 2.17 bits per heavy atom. The lowest BCUT2D eigenvalue weighted by molar-refractivity contribution is -0.136. The predicted octanol–water partition coefficient (Wildman–Crippen LogP) is 4.00. The van der Waals surface area contributed by atoms with E-state index in [9.17, 15) is 9.59 Å². The minimum absolute atomic E-state index is 0.0284. The molecule has 166 valence electrons. The zero-order valence-corrected chi connectivity index (χ0v) is 19.4. The molecule has 3 rings (SSSR count). The molecule has 0 aliphatic carbocycles. The number of nitrogens with zero attached hydrogens (tertiary/aromatic N) is 3. The summed E-state index contributed by atoms with van der Waals surface area (Å²) in [5.41, 5.74) is 0.462. The zero-order chi connectivity index (χ0) is 22.1. The molecule has 1 aromatic rings. The second-order valence-corrected chi connectivity index (χ2v) is 10.4. The van der Waals surface area contributed by atoms with Gasteiger partial charge in [0.15, 0.2) is 0 Å². The highest BCUT2D eigenvalue weighted by Gasteiger charge is 2.57. The van der Waals surface area contributed by atoms with Crippen molar-refractivity contribution in [1.82, 2.24) is 14.7 Å². The number of amides is 3. The fourth-order valence-corrected chi connectivity index (χ4v) is 4.69. The number of piperidine rings is 1. The third-order valence-corrected chi connectivity index (χ3v) is 6.05. The molecular weight excluding hydrogens is 378 g/mol. The van der Waals surface area contributed by atoms with Crippen LogP contribution in [0.4, 0.5) is 4.79 Å². The van der Waals surface area contributed by atoms with E-state index >= 15 is 0 Å². The van der Waals surface area contributed by atoms with Crippen LogP contribution in [-0.2, 0) is 11.3 Å². The average Bonchev–Trinajstić information content (AvgIpc) is 2.85. The molecule has 2 saturated heterocycles. The maximum absolute atomic E-state index is 13.6. The molecule has 6 nitrogen and oxygen atoms in total. The fraction of sp³-hybridized carbons (Fsp3) is 0.667. The number of carbonyl (C=O) groups is 2. The molecule has 0 unspecified atom stereocenters. The van der Waals surface area contributed by atoms with Gasteiger partial charge in [-0.1, -0.05) is 46.8 Å². The Hall–Kier alpha value is -2.08. The summed E-state index contributed by atoms with van der Waals surface area (Å²) < 4.78 is 5.22. The quantitative estimate of drug-likeness (QED) is 0.659. The minimum Gasteiger partial charge on any atom is -0.497 e. The Morgan fingerprint density at radius 1 is 1.07 bits per heavy atom. The highest BCUT2D eigenvalue weighted by atomic mass is 16.5. The number of ether oxygens (including phenoxy) is 1. The maximum Gasteiger partial charge on any atom is 0.327 e. The molecule has 2 heterocycles. The molecule has 1 aromatic carbocycles. The highest BCUT2D eigenvalue weighted by Crippen LogP contribution is 2.39. The Balaban J connectivity index is 1.81. The van der Waals surface area contributed by atoms with E-state index in [1.165, 1.54) is 4.90 Å². The number of rotatable bonds is 6. The van der Waals surface area contributed by atoms with Gasteiger partial charge in [0, 0.05) is 26.2 Å². The van der Waals surface area contributed by atoms with Gasteiger partial charge < -0.3 is 14.5 Å². The van der Waals surface area contributed by atoms with Gasteiger partial charge in [-0.3, -0.25) is 9.69 Å². The normalized spacial score (nSPS) is 20.0. The number of carbonyl (C=O) groups excluding carboxylic acids is 2. The van der Waals surface area contributed by atoms with Crippen molar-refractivity contribution in [2.45, 2.75) is 59.5 Å². The van der Waals surface area contributed by atoms with Gasteiger partial charge in [-0.2, -0.15) is 0 Å². The van der Waals surface area contributed by atoms with Crippen LogP contribution in [0.5, 0.6) is 5.75 Å². The topological polar surface area (TPSA) is 53.1 Å². The summed E-state index contributed by atoms with van der Waals surface area (Å²) in [6, 6.07) is 7.43. The Kier molecular flexibility index (Phi) is 6.46. The smallest absolute Gasteiger partial charge is 0.327 e.